The Bertz CT molecular complexity index is 598. The van der Waals surface area contributed by atoms with Gasteiger partial charge in [-0.3, -0.25) is 5.10 Å². The monoisotopic (exact) mass is 381 g/mol. The summed E-state index contributed by atoms with van der Waals surface area (Å²) in [5.74, 6) is 0. The predicted octanol–water partition coefficient (Wildman–Crippen LogP) is 1.76. The van der Waals surface area contributed by atoms with Crippen LogP contribution in [0.4, 0.5) is 0 Å². The molecule has 1 N–H and O–H groups in total. The Balaban J connectivity index is 0.000000963. The molecule has 0 aliphatic heterocycles. The van der Waals surface area contributed by atoms with Gasteiger partial charge < -0.3 is 9.55 Å². The largest absolute Gasteiger partial charge is 2.00 e. The summed E-state index contributed by atoms with van der Waals surface area (Å²) in [5, 5.41) is 6.74. The minimum Gasteiger partial charge on any atom is -0.450 e. The van der Waals surface area contributed by atoms with Crippen molar-refractivity contribution in [3.05, 3.63) is 36.9 Å². The van der Waals surface area contributed by atoms with Crippen LogP contribution in [0.5, 0.6) is 0 Å². The number of fused-ring (bicyclic) bond motifs is 1. The molecule has 2 heterocycles. The maximum absolute atomic E-state index is 4.16. The van der Waals surface area contributed by atoms with Crippen molar-refractivity contribution in [2.24, 2.45) is 7.05 Å². The quantitative estimate of drug-likeness (QED) is 0.654. The van der Waals surface area contributed by atoms with Gasteiger partial charge in [-0.15, -0.1) is 6.07 Å². The summed E-state index contributed by atoms with van der Waals surface area (Å²) in [6.45, 7) is 0. The molecule has 0 saturated carbocycles. The molecule has 3 rings (SSSR count). The van der Waals surface area contributed by atoms with E-state index in [1.54, 1.807) is 6.20 Å². The molecule has 0 aliphatic carbocycles. The molecule has 3 aromatic rings. The molecule has 16 heavy (non-hydrogen) atoms. The normalized spacial score (nSPS) is 10.3. The van der Waals surface area contributed by atoms with Gasteiger partial charge in [0.2, 0.25) is 0 Å². The Hall–Kier alpha value is -1.41. The molecule has 0 unspecified atom stereocenters. The van der Waals surface area contributed by atoms with E-state index in [2.05, 4.69) is 27.6 Å². The van der Waals surface area contributed by atoms with Crippen LogP contribution < -0.4 is 0 Å². The molecular formula is C11H9N4W+. The number of imidazole rings is 1. The number of hydrogen-bond donors (Lipinski definition) is 1. The third kappa shape index (κ3) is 1.69. The summed E-state index contributed by atoms with van der Waals surface area (Å²) in [6.07, 6.45) is 6.58. The van der Waals surface area contributed by atoms with Crippen molar-refractivity contribution in [3.8, 4) is 11.1 Å². The number of nitrogens with zero attached hydrogens (tertiary/aromatic N) is 3. The molecule has 5 heteroatoms. The topological polar surface area (TPSA) is 46.5 Å². The molecule has 4 nitrogen and oxygen atoms in total. The summed E-state index contributed by atoms with van der Waals surface area (Å²) in [7, 11) is 1.94. The average molecular weight is 381 g/mol. The summed E-state index contributed by atoms with van der Waals surface area (Å²) in [5.41, 5.74) is 4.25. The van der Waals surface area contributed by atoms with Gasteiger partial charge in [0.15, 0.2) is 0 Å². The Morgan fingerprint density at radius 1 is 1.31 bits per heavy atom. The maximum Gasteiger partial charge on any atom is 2.00 e. The third-order valence-electron chi connectivity index (χ3n) is 2.49. The fourth-order valence-electron chi connectivity index (χ4n) is 1.66. The molecular weight excluding hydrogens is 372 g/mol. The van der Waals surface area contributed by atoms with Gasteiger partial charge in [-0.25, -0.2) is 0 Å². The maximum atomic E-state index is 4.16. The molecule has 0 saturated heterocycles. The first-order chi connectivity index (χ1) is 7.34. The van der Waals surface area contributed by atoms with Crippen LogP contribution in [0.2, 0.25) is 0 Å². The minimum atomic E-state index is 0. The minimum absolute atomic E-state index is 0. The summed E-state index contributed by atoms with van der Waals surface area (Å²) in [4.78, 5) is 4.16. The van der Waals surface area contributed by atoms with Crippen LogP contribution in [0.15, 0.2) is 30.6 Å². The van der Waals surface area contributed by atoms with Gasteiger partial charge in [-0.1, -0.05) is 23.2 Å². The van der Waals surface area contributed by atoms with E-state index in [1.165, 1.54) is 0 Å². The number of hydrogen-bond acceptors (Lipinski definition) is 2. The van der Waals surface area contributed by atoms with Crippen LogP contribution in [-0.4, -0.2) is 19.7 Å². The molecule has 1 aromatic carbocycles. The van der Waals surface area contributed by atoms with E-state index >= 15 is 0 Å². The second-order valence-electron chi connectivity index (χ2n) is 3.46. The first kappa shape index (κ1) is 11.1. The fraction of sp³-hybridized carbons (Fsp3) is 0.0909. The fourth-order valence-corrected chi connectivity index (χ4v) is 1.66. The van der Waals surface area contributed by atoms with E-state index in [-0.39, 0.29) is 21.1 Å². The molecule has 0 atom stereocenters. The molecule has 0 bridgehead atoms. The summed E-state index contributed by atoms with van der Waals surface area (Å²) >= 11 is 0. The van der Waals surface area contributed by atoms with Crippen LogP contribution >= 0.6 is 0 Å². The zero-order valence-electron chi connectivity index (χ0n) is 8.64. The van der Waals surface area contributed by atoms with Gasteiger partial charge in [-0.05, 0) is 12.6 Å². The summed E-state index contributed by atoms with van der Waals surface area (Å²) < 4.78 is 1.89. The number of benzene rings is 1. The third-order valence-corrected chi connectivity index (χ3v) is 2.49. The molecule has 78 valence electrons. The molecule has 0 radical (unpaired) electrons. The van der Waals surface area contributed by atoms with Crippen molar-refractivity contribution in [1.29, 1.82) is 0 Å². The van der Waals surface area contributed by atoms with Gasteiger partial charge in [0.1, 0.15) is 0 Å². The second-order valence-corrected chi connectivity index (χ2v) is 3.46. The Morgan fingerprint density at radius 2 is 2.19 bits per heavy atom. The van der Waals surface area contributed by atoms with Crippen LogP contribution in [-0.2, 0) is 28.1 Å². The number of nitrogens with one attached hydrogen (secondary N) is 1. The van der Waals surface area contributed by atoms with Crippen molar-refractivity contribution in [2.75, 3.05) is 0 Å². The van der Waals surface area contributed by atoms with Crippen molar-refractivity contribution < 1.29 is 21.1 Å². The Morgan fingerprint density at radius 3 is 2.94 bits per heavy atom. The van der Waals surface area contributed by atoms with Crippen molar-refractivity contribution in [1.82, 2.24) is 19.7 Å². The first-order valence-corrected chi connectivity index (χ1v) is 4.68. The molecule has 0 amide bonds. The van der Waals surface area contributed by atoms with Crippen molar-refractivity contribution in [3.63, 3.8) is 0 Å². The van der Waals surface area contributed by atoms with Crippen LogP contribution in [0.25, 0.3) is 22.2 Å². The predicted molar refractivity (Wildman–Crippen MR) is 57.1 cm³/mol. The number of aromatic nitrogens is 4. The van der Waals surface area contributed by atoms with E-state index in [0.717, 1.165) is 22.2 Å². The van der Waals surface area contributed by atoms with Crippen LogP contribution in [0.3, 0.4) is 0 Å². The molecule has 2 aromatic heterocycles. The van der Waals surface area contributed by atoms with Crippen LogP contribution in [0.1, 0.15) is 0 Å². The second kappa shape index (κ2) is 4.22. The van der Waals surface area contributed by atoms with E-state index in [1.807, 2.05) is 29.9 Å². The number of H-pyrrole nitrogens is 1. The summed E-state index contributed by atoms with van der Waals surface area (Å²) in [6, 6.07) is 6.12. The Labute approximate surface area is 107 Å². The van der Waals surface area contributed by atoms with Gasteiger partial charge in [-0.2, -0.15) is 5.10 Å². The van der Waals surface area contributed by atoms with E-state index in [4.69, 9.17) is 0 Å². The standard InChI is InChI=1S/C11H9N4.W/c1-15-7-12-10-3-2-8(4-11(10)15)9-5-13-14-6-9;/h2-6H,1H3,(H,13,14);/q-1;+2. The van der Waals surface area contributed by atoms with Crippen molar-refractivity contribution >= 4 is 11.0 Å². The van der Waals surface area contributed by atoms with Gasteiger partial charge in [0.05, 0.1) is 6.20 Å². The van der Waals surface area contributed by atoms with Gasteiger partial charge in [0, 0.05) is 18.1 Å². The smallest absolute Gasteiger partial charge is 0.450 e. The molecule has 0 fully saturated rings. The zero-order valence-corrected chi connectivity index (χ0v) is 11.6. The Kier molecular flexibility index (Phi) is 2.92. The SMILES string of the molecule is Cn1[c-]nc2ccc(-c3cn[nH]c3)cc21.[W+2]. The number of rotatable bonds is 1. The molecule has 0 aliphatic rings. The van der Waals surface area contributed by atoms with Crippen LogP contribution in [0, 0.1) is 6.33 Å². The first-order valence-electron chi connectivity index (χ1n) is 4.68. The number of aryl methyl sites for hydroxylation is 1. The van der Waals surface area contributed by atoms with E-state index in [9.17, 15) is 0 Å². The number of aromatic amines is 1. The van der Waals surface area contributed by atoms with E-state index < -0.39 is 0 Å². The molecule has 0 spiro atoms. The van der Waals surface area contributed by atoms with E-state index in [0.29, 0.717) is 0 Å². The zero-order chi connectivity index (χ0) is 10.3. The average Bonchev–Trinajstić information content (AvgIpc) is 2.88. The van der Waals surface area contributed by atoms with Crippen molar-refractivity contribution in [2.45, 2.75) is 0 Å². The van der Waals surface area contributed by atoms with Gasteiger partial charge >= 0.3 is 21.1 Å². The van der Waals surface area contributed by atoms with Gasteiger partial charge in [0.25, 0.3) is 0 Å².